The molecule has 0 spiro atoms. The van der Waals surface area contributed by atoms with Gasteiger partial charge in [0, 0.05) is 33.2 Å². The van der Waals surface area contributed by atoms with E-state index in [-0.39, 0.29) is 22.4 Å². The molecule has 2 aromatic heterocycles. The first-order chi connectivity index (χ1) is 39.1. The number of fused-ring (bicyclic) bond motifs is 6. The third-order valence-electron chi connectivity index (χ3n) is 13.9. The summed E-state index contributed by atoms with van der Waals surface area (Å²) in [5.74, 6) is 1.15. The summed E-state index contributed by atoms with van der Waals surface area (Å²) in [6.45, 7) is 0. The summed E-state index contributed by atoms with van der Waals surface area (Å²) < 4.78 is 65.5. The molecule has 0 saturated heterocycles. The Bertz CT molecular complexity index is 4840. The normalized spacial score (nSPS) is 12.9. The highest BCUT2D eigenvalue weighted by Crippen LogP contribution is 2.41. The molecule has 12 aromatic carbocycles. The van der Waals surface area contributed by atoms with Crippen LogP contribution >= 0.6 is 0 Å². The van der Waals surface area contributed by atoms with Crippen molar-refractivity contribution in [1.29, 1.82) is 0 Å². The third-order valence-corrected chi connectivity index (χ3v) is 13.9. The standard InChI is InChI=1S/C69H44N4/c1-4-16-45(17-5-1)49-33-34-52-39-53(36-35-51(52)38-49)56-42-57(61-26-14-21-48-20-10-11-24-60(48)61)44-58(43-56)68-70-67(54-37-31-47-30-32-50(40-55(47)41-54)46-18-6-2-7-19-46)71-69(72-68)63-27-15-29-65-66(63)62-25-12-13-28-64(62)73(65)59-22-8-3-9-23-59/h1-44H/i10D,11D,14D,20D,21D,24D,26D. The fraction of sp³-hybridized carbons (Fsp3) is 0. The van der Waals surface area contributed by atoms with E-state index in [0.717, 1.165) is 88.0 Å². The van der Waals surface area contributed by atoms with Crippen LogP contribution in [0.1, 0.15) is 9.60 Å². The van der Waals surface area contributed by atoms with Gasteiger partial charge in [-0.2, -0.15) is 0 Å². The highest BCUT2D eigenvalue weighted by molar-refractivity contribution is 6.15. The Morgan fingerprint density at radius 3 is 1.56 bits per heavy atom. The van der Waals surface area contributed by atoms with Crippen LogP contribution in [0.25, 0.3) is 138 Å². The van der Waals surface area contributed by atoms with Crippen molar-refractivity contribution in [2.75, 3.05) is 0 Å². The van der Waals surface area contributed by atoms with Crippen molar-refractivity contribution in [3.8, 4) is 84.4 Å². The van der Waals surface area contributed by atoms with E-state index in [1.807, 2.05) is 109 Å². The van der Waals surface area contributed by atoms with Gasteiger partial charge in [-0.25, -0.2) is 15.0 Å². The van der Waals surface area contributed by atoms with E-state index in [4.69, 9.17) is 21.8 Å². The molecule has 340 valence electrons. The van der Waals surface area contributed by atoms with Crippen molar-refractivity contribution in [2.45, 2.75) is 0 Å². The van der Waals surface area contributed by atoms with Gasteiger partial charge in [-0.15, -0.1) is 0 Å². The molecule has 0 saturated carbocycles. The average molecular weight is 936 g/mol. The van der Waals surface area contributed by atoms with E-state index in [2.05, 4.69) is 120 Å². The summed E-state index contributed by atoms with van der Waals surface area (Å²) in [5, 5.41) is 5.91. The van der Waals surface area contributed by atoms with Gasteiger partial charge in [-0.1, -0.05) is 200 Å². The summed E-state index contributed by atoms with van der Waals surface area (Å²) in [4.78, 5) is 16.1. The minimum absolute atomic E-state index is 0.0124. The Morgan fingerprint density at radius 2 is 0.822 bits per heavy atom. The summed E-state index contributed by atoms with van der Waals surface area (Å²) >= 11 is 0. The molecular formula is C69H44N4. The van der Waals surface area contributed by atoms with Crippen molar-refractivity contribution in [3.05, 3.63) is 267 Å². The number of aromatic nitrogens is 4. The van der Waals surface area contributed by atoms with Crippen molar-refractivity contribution < 1.29 is 9.60 Å². The van der Waals surface area contributed by atoms with E-state index in [1.165, 1.54) is 0 Å². The number of hydrogen-bond acceptors (Lipinski definition) is 3. The Labute approximate surface area is 432 Å². The first kappa shape index (κ1) is 35.3. The lowest BCUT2D eigenvalue weighted by molar-refractivity contribution is 1.08. The molecule has 4 heteroatoms. The van der Waals surface area contributed by atoms with Crippen LogP contribution in [-0.4, -0.2) is 19.5 Å². The van der Waals surface area contributed by atoms with Crippen LogP contribution in [0, 0.1) is 0 Å². The van der Waals surface area contributed by atoms with Crippen LogP contribution in [0.5, 0.6) is 0 Å². The molecule has 0 fully saturated rings. The highest BCUT2D eigenvalue weighted by atomic mass is 15.0. The van der Waals surface area contributed by atoms with Gasteiger partial charge in [-0.05, 0) is 144 Å². The van der Waals surface area contributed by atoms with Gasteiger partial charge in [0.05, 0.1) is 20.6 Å². The number of hydrogen-bond donors (Lipinski definition) is 0. The van der Waals surface area contributed by atoms with Crippen molar-refractivity contribution in [3.63, 3.8) is 0 Å². The number of benzene rings is 12. The summed E-state index contributed by atoms with van der Waals surface area (Å²) in [6, 6.07) is 73.2. The summed E-state index contributed by atoms with van der Waals surface area (Å²) in [7, 11) is 0. The maximum absolute atomic E-state index is 9.53. The molecule has 0 aliphatic heterocycles. The van der Waals surface area contributed by atoms with Gasteiger partial charge < -0.3 is 4.57 Å². The first-order valence-corrected chi connectivity index (χ1v) is 24.3. The van der Waals surface area contributed by atoms with Gasteiger partial charge in [-0.3, -0.25) is 0 Å². The molecule has 0 aliphatic rings. The van der Waals surface area contributed by atoms with Crippen LogP contribution < -0.4 is 0 Å². The van der Waals surface area contributed by atoms with Crippen molar-refractivity contribution in [1.82, 2.24) is 19.5 Å². The zero-order valence-electron chi connectivity index (χ0n) is 46.2. The molecule has 0 amide bonds. The van der Waals surface area contributed by atoms with E-state index in [0.29, 0.717) is 34.2 Å². The largest absolute Gasteiger partial charge is 0.309 e. The molecule has 0 radical (unpaired) electrons. The Hall–Kier alpha value is -9.77. The summed E-state index contributed by atoms with van der Waals surface area (Å²) in [5.41, 5.74) is 11.5. The Kier molecular flexibility index (Phi) is 8.51. The number of rotatable bonds is 8. The maximum atomic E-state index is 9.53. The quantitative estimate of drug-likeness (QED) is 0.152. The molecular weight excluding hydrogens is 885 g/mol. The Morgan fingerprint density at radius 1 is 0.288 bits per heavy atom. The highest BCUT2D eigenvalue weighted by Gasteiger charge is 2.21. The predicted molar refractivity (Wildman–Crippen MR) is 305 cm³/mol. The van der Waals surface area contributed by atoms with Crippen LogP contribution in [0.3, 0.4) is 0 Å². The zero-order valence-corrected chi connectivity index (χ0v) is 39.2. The van der Waals surface area contributed by atoms with Crippen LogP contribution in [0.4, 0.5) is 0 Å². The average Bonchev–Trinajstić information content (AvgIpc) is 4.06. The van der Waals surface area contributed by atoms with Gasteiger partial charge in [0.15, 0.2) is 17.5 Å². The summed E-state index contributed by atoms with van der Waals surface area (Å²) in [6.07, 6.45) is 0. The lowest BCUT2D eigenvalue weighted by Crippen LogP contribution is -2.01. The molecule has 14 rings (SSSR count). The molecule has 0 atom stereocenters. The smallest absolute Gasteiger partial charge is 0.164 e. The molecule has 4 nitrogen and oxygen atoms in total. The van der Waals surface area contributed by atoms with Crippen molar-refractivity contribution >= 4 is 54.1 Å². The van der Waals surface area contributed by atoms with Crippen LogP contribution in [0.2, 0.25) is 0 Å². The van der Waals surface area contributed by atoms with E-state index in [9.17, 15) is 2.74 Å². The topological polar surface area (TPSA) is 43.6 Å². The second kappa shape index (κ2) is 17.6. The predicted octanol–water partition coefficient (Wildman–Crippen LogP) is 18.1. The molecule has 0 unspecified atom stereocenters. The second-order valence-electron chi connectivity index (χ2n) is 18.3. The maximum Gasteiger partial charge on any atom is 0.164 e. The van der Waals surface area contributed by atoms with Gasteiger partial charge in [0.1, 0.15) is 0 Å². The van der Waals surface area contributed by atoms with Gasteiger partial charge >= 0.3 is 0 Å². The van der Waals surface area contributed by atoms with Gasteiger partial charge in [0.2, 0.25) is 0 Å². The molecule has 0 aliphatic carbocycles. The minimum atomic E-state index is -0.516. The second-order valence-corrected chi connectivity index (χ2v) is 18.3. The number of para-hydroxylation sites is 2. The fourth-order valence-electron chi connectivity index (χ4n) is 10.3. The lowest BCUT2D eigenvalue weighted by atomic mass is 9.92. The monoisotopic (exact) mass is 935 g/mol. The first-order valence-electron chi connectivity index (χ1n) is 27.8. The molecule has 0 bridgehead atoms. The SMILES string of the molecule is [2H]c1c([2H])c([2H])c2c(-c3cc(-c4ccc5cc(-c6ccccc6)ccc5c4)cc(-c4nc(-c5ccc6ccc(-c7ccccc7)cc6c5)nc(-c5cccc6c5c5ccccc5n6-c5ccccc5)n4)c3)c([2H])c([2H])c([2H])c2c1[2H]. The zero-order chi connectivity index (χ0) is 54.3. The van der Waals surface area contributed by atoms with Crippen molar-refractivity contribution in [2.24, 2.45) is 0 Å². The molecule has 2 heterocycles. The Balaban J connectivity index is 1.05. The lowest BCUT2D eigenvalue weighted by Gasteiger charge is -2.15. The minimum Gasteiger partial charge on any atom is -0.309 e. The molecule has 14 aromatic rings. The van der Waals surface area contributed by atoms with E-state index >= 15 is 0 Å². The fourth-order valence-corrected chi connectivity index (χ4v) is 10.3. The third kappa shape index (κ3) is 7.61. The van der Waals surface area contributed by atoms with Crippen LogP contribution in [-0.2, 0) is 0 Å². The van der Waals surface area contributed by atoms with E-state index < -0.39 is 36.3 Å². The van der Waals surface area contributed by atoms with Crippen LogP contribution in [0.15, 0.2) is 267 Å². The van der Waals surface area contributed by atoms with E-state index in [1.54, 1.807) is 0 Å². The number of nitrogens with zero attached hydrogens (tertiary/aromatic N) is 4. The van der Waals surface area contributed by atoms with Gasteiger partial charge in [0.25, 0.3) is 0 Å². The molecule has 73 heavy (non-hydrogen) atoms. The molecule has 0 N–H and O–H groups in total.